The van der Waals surface area contributed by atoms with E-state index in [0.29, 0.717) is 32.6 Å². The summed E-state index contributed by atoms with van der Waals surface area (Å²) in [4.78, 5) is 0. The normalized spacial score (nSPS) is 18.5. The van der Waals surface area contributed by atoms with Crippen molar-refractivity contribution in [2.45, 2.75) is 31.4 Å². The third kappa shape index (κ3) is 4.20. The van der Waals surface area contributed by atoms with E-state index in [9.17, 15) is 5.11 Å². The van der Waals surface area contributed by atoms with Gasteiger partial charge in [-0.2, -0.15) is 0 Å². The Morgan fingerprint density at radius 3 is 2.26 bits per heavy atom. The van der Waals surface area contributed by atoms with Crippen molar-refractivity contribution >= 4 is 0 Å². The molecular weight excluding hydrogens is 286 g/mol. The van der Waals surface area contributed by atoms with E-state index in [1.54, 1.807) is 0 Å². The van der Waals surface area contributed by atoms with Crippen LogP contribution in [0.15, 0.2) is 54.6 Å². The van der Waals surface area contributed by atoms with Gasteiger partial charge >= 0.3 is 0 Å². The number of rotatable bonds is 5. The molecule has 3 heteroatoms. The Kier molecular flexibility index (Phi) is 5.11. The molecule has 0 aromatic heterocycles. The van der Waals surface area contributed by atoms with Crippen LogP contribution in [0.25, 0.3) is 11.1 Å². The second kappa shape index (κ2) is 7.26. The van der Waals surface area contributed by atoms with Crippen LogP contribution in [0.1, 0.15) is 31.4 Å². The van der Waals surface area contributed by atoms with E-state index in [1.807, 2.05) is 6.07 Å². The maximum Gasteiger partial charge on any atom is 0.0815 e. The Balaban J connectivity index is 1.60. The predicted molar refractivity (Wildman–Crippen MR) is 93.3 cm³/mol. The molecular formula is C20H25NO2. The molecule has 2 N–H and O–H groups in total. The molecule has 3 nitrogen and oxygen atoms in total. The van der Waals surface area contributed by atoms with Crippen LogP contribution in [0.4, 0.5) is 0 Å². The lowest BCUT2D eigenvalue weighted by molar-refractivity contribution is -0.0626. The molecule has 1 atom stereocenters. The van der Waals surface area contributed by atoms with Crippen molar-refractivity contribution in [1.29, 1.82) is 0 Å². The van der Waals surface area contributed by atoms with Crippen molar-refractivity contribution in [1.82, 2.24) is 5.32 Å². The largest absolute Gasteiger partial charge is 0.388 e. The second-order valence-corrected chi connectivity index (χ2v) is 6.43. The van der Waals surface area contributed by atoms with Crippen LogP contribution in [-0.2, 0) is 4.74 Å². The Morgan fingerprint density at radius 1 is 1.00 bits per heavy atom. The van der Waals surface area contributed by atoms with E-state index < -0.39 is 5.60 Å². The van der Waals surface area contributed by atoms with Crippen molar-refractivity contribution in [2.75, 3.05) is 19.8 Å². The third-order valence-electron chi connectivity index (χ3n) is 4.68. The summed E-state index contributed by atoms with van der Waals surface area (Å²) in [6, 6.07) is 19.2. The molecule has 23 heavy (non-hydrogen) atoms. The van der Waals surface area contributed by atoms with E-state index in [1.165, 1.54) is 16.7 Å². The molecule has 1 heterocycles. The minimum Gasteiger partial charge on any atom is -0.388 e. The van der Waals surface area contributed by atoms with Gasteiger partial charge in [0.2, 0.25) is 0 Å². The lowest BCUT2D eigenvalue weighted by Crippen LogP contribution is -2.45. The molecule has 0 amide bonds. The standard InChI is InChI=1S/C20H25NO2/c1-16(21-15-20(22)11-13-23-14-12-20)17-7-9-19(10-8-17)18-5-3-2-4-6-18/h2-10,16,21-22H,11-15H2,1H3. The summed E-state index contributed by atoms with van der Waals surface area (Å²) in [6.45, 7) is 4.05. The fourth-order valence-corrected chi connectivity index (χ4v) is 2.98. The number of benzene rings is 2. The molecule has 1 aliphatic heterocycles. The molecule has 0 radical (unpaired) electrons. The summed E-state index contributed by atoms with van der Waals surface area (Å²) < 4.78 is 5.32. The molecule has 0 saturated carbocycles. The first-order valence-electron chi connectivity index (χ1n) is 8.35. The summed E-state index contributed by atoms with van der Waals surface area (Å²) in [5.74, 6) is 0. The summed E-state index contributed by atoms with van der Waals surface area (Å²) in [5, 5.41) is 14.0. The summed E-state index contributed by atoms with van der Waals surface area (Å²) in [5.41, 5.74) is 3.07. The van der Waals surface area contributed by atoms with E-state index in [4.69, 9.17) is 4.74 Å². The third-order valence-corrected chi connectivity index (χ3v) is 4.68. The van der Waals surface area contributed by atoms with Crippen molar-refractivity contribution in [3.63, 3.8) is 0 Å². The van der Waals surface area contributed by atoms with Crippen LogP contribution in [0.3, 0.4) is 0 Å². The van der Waals surface area contributed by atoms with Gasteiger partial charge in [0.1, 0.15) is 0 Å². The second-order valence-electron chi connectivity index (χ2n) is 6.43. The van der Waals surface area contributed by atoms with Gasteiger partial charge in [0.15, 0.2) is 0 Å². The van der Waals surface area contributed by atoms with Gasteiger partial charge in [-0.3, -0.25) is 0 Å². The van der Waals surface area contributed by atoms with Gasteiger partial charge in [0, 0.05) is 38.6 Å². The van der Waals surface area contributed by atoms with Crippen LogP contribution in [0, 0.1) is 0 Å². The SMILES string of the molecule is CC(NCC1(O)CCOCC1)c1ccc(-c2ccccc2)cc1. The van der Waals surface area contributed by atoms with Gasteiger partial charge in [-0.25, -0.2) is 0 Å². The molecule has 3 rings (SSSR count). The quantitative estimate of drug-likeness (QED) is 0.887. The van der Waals surface area contributed by atoms with Crippen LogP contribution in [-0.4, -0.2) is 30.5 Å². The van der Waals surface area contributed by atoms with Crippen molar-refractivity contribution in [2.24, 2.45) is 0 Å². The Labute approximate surface area is 138 Å². The van der Waals surface area contributed by atoms with Gasteiger partial charge < -0.3 is 15.2 Å². The molecule has 2 aromatic rings. The van der Waals surface area contributed by atoms with Crippen LogP contribution >= 0.6 is 0 Å². The predicted octanol–water partition coefficient (Wildman–Crippen LogP) is 3.55. The fourth-order valence-electron chi connectivity index (χ4n) is 2.98. The zero-order valence-corrected chi connectivity index (χ0v) is 13.7. The minimum absolute atomic E-state index is 0.215. The highest BCUT2D eigenvalue weighted by Gasteiger charge is 2.29. The minimum atomic E-state index is -0.628. The van der Waals surface area contributed by atoms with Crippen LogP contribution in [0.5, 0.6) is 0 Å². The molecule has 122 valence electrons. The smallest absolute Gasteiger partial charge is 0.0815 e. The average molecular weight is 311 g/mol. The summed E-state index contributed by atoms with van der Waals surface area (Å²) >= 11 is 0. The number of ether oxygens (including phenoxy) is 1. The summed E-state index contributed by atoms with van der Waals surface area (Å²) in [7, 11) is 0. The molecule has 0 bridgehead atoms. The Hall–Kier alpha value is -1.68. The molecule has 1 fully saturated rings. The van der Waals surface area contributed by atoms with Crippen LogP contribution in [0.2, 0.25) is 0 Å². The average Bonchev–Trinajstić information content (AvgIpc) is 2.61. The van der Waals surface area contributed by atoms with Gasteiger partial charge in [-0.1, -0.05) is 54.6 Å². The van der Waals surface area contributed by atoms with E-state index in [0.717, 1.165) is 0 Å². The van der Waals surface area contributed by atoms with E-state index >= 15 is 0 Å². The number of aliphatic hydroxyl groups is 1. The first-order valence-corrected chi connectivity index (χ1v) is 8.35. The fraction of sp³-hybridized carbons (Fsp3) is 0.400. The number of nitrogens with one attached hydrogen (secondary N) is 1. The highest BCUT2D eigenvalue weighted by atomic mass is 16.5. The van der Waals surface area contributed by atoms with Crippen LogP contribution < -0.4 is 5.32 Å². The first-order chi connectivity index (χ1) is 11.2. The molecule has 0 spiro atoms. The lowest BCUT2D eigenvalue weighted by atomic mass is 9.93. The first kappa shape index (κ1) is 16.2. The highest BCUT2D eigenvalue weighted by Crippen LogP contribution is 2.23. The van der Waals surface area contributed by atoms with E-state index in [2.05, 4.69) is 60.8 Å². The summed E-state index contributed by atoms with van der Waals surface area (Å²) in [6.07, 6.45) is 1.42. The molecule has 1 aliphatic rings. The Morgan fingerprint density at radius 2 is 1.61 bits per heavy atom. The maximum atomic E-state index is 10.5. The topological polar surface area (TPSA) is 41.5 Å². The lowest BCUT2D eigenvalue weighted by Gasteiger charge is -2.33. The maximum absolute atomic E-state index is 10.5. The van der Waals surface area contributed by atoms with Gasteiger partial charge in [0.25, 0.3) is 0 Å². The highest BCUT2D eigenvalue weighted by molar-refractivity contribution is 5.63. The monoisotopic (exact) mass is 311 g/mol. The molecule has 1 saturated heterocycles. The zero-order valence-electron chi connectivity index (χ0n) is 13.7. The van der Waals surface area contributed by atoms with E-state index in [-0.39, 0.29) is 6.04 Å². The molecule has 1 unspecified atom stereocenters. The molecule has 2 aromatic carbocycles. The van der Waals surface area contributed by atoms with Crippen molar-refractivity contribution in [3.05, 3.63) is 60.2 Å². The zero-order chi connectivity index (χ0) is 16.1. The van der Waals surface area contributed by atoms with Gasteiger partial charge in [-0.05, 0) is 23.6 Å². The molecule has 0 aliphatic carbocycles. The Bertz CT molecular complexity index is 603. The van der Waals surface area contributed by atoms with Crippen molar-refractivity contribution in [3.8, 4) is 11.1 Å². The van der Waals surface area contributed by atoms with Crippen molar-refractivity contribution < 1.29 is 9.84 Å². The van der Waals surface area contributed by atoms with Gasteiger partial charge in [-0.15, -0.1) is 0 Å². The number of hydrogen-bond donors (Lipinski definition) is 2. The van der Waals surface area contributed by atoms with Gasteiger partial charge in [0.05, 0.1) is 5.60 Å². The number of hydrogen-bond acceptors (Lipinski definition) is 3.